The summed E-state index contributed by atoms with van der Waals surface area (Å²) in [6.45, 7) is 5.49. The van der Waals surface area contributed by atoms with E-state index in [1.807, 2.05) is 6.92 Å². The summed E-state index contributed by atoms with van der Waals surface area (Å²) in [4.78, 5) is 0. The third-order valence-corrected chi connectivity index (χ3v) is 2.91. The summed E-state index contributed by atoms with van der Waals surface area (Å²) >= 11 is 0. The van der Waals surface area contributed by atoms with Crippen molar-refractivity contribution in [1.82, 2.24) is 5.32 Å². The molecule has 1 saturated carbocycles. The molecule has 16 heavy (non-hydrogen) atoms. The van der Waals surface area contributed by atoms with E-state index in [1.54, 1.807) is 7.11 Å². The minimum Gasteiger partial charge on any atom is -0.394 e. The Morgan fingerprint density at radius 1 is 1.44 bits per heavy atom. The van der Waals surface area contributed by atoms with Gasteiger partial charge in [0.2, 0.25) is 0 Å². The largest absolute Gasteiger partial charge is 0.394 e. The van der Waals surface area contributed by atoms with Gasteiger partial charge in [-0.1, -0.05) is 0 Å². The van der Waals surface area contributed by atoms with Crippen LogP contribution in [0.5, 0.6) is 0 Å². The summed E-state index contributed by atoms with van der Waals surface area (Å²) in [5, 5.41) is 12.9. The van der Waals surface area contributed by atoms with Crippen LogP contribution in [0, 0.1) is 0 Å². The molecule has 0 bridgehead atoms. The Bertz CT molecular complexity index is 197. The predicted molar refractivity (Wildman–Crippen MR) is 63.6 cm³/mol. The zero-order valence-corrected chi connectivity index (χ0v) is 10.7. The molecule has 4 nitrogen and oxygen atoms in total. The van der Waals surface area contributed by atoms with E-state index in [1.165, 1.54) is 12.8 Å². The Kier molecular flexibility index (Phi) is 5.69. The van der Waals surface area contributed by atoms with Gasteiger partial charge in [-0.05, 0) is 33.1 Å². The molecule has 0 amide bonds. The van der Waals surface area contributed by atoms with Crippen LogP contribution < -0.4 is 5.32 Å². The summed E-state index contributed by atoms with van der Waals surface area (Å²) < 4.78 is 10.5. The Labute approximate surface area is 98.3 Å². The molecular weight excluding hydrogens is 206 g/mol. The predicted octanol–water partition coefficient (Wildman–Crippen LogP) is 0.931. The van der Waals surface area contributed by atoms with Crippen molar-refractivity contribution in [2.75, 3.05) is 26.9 Å². The molecule has 4 heteroatoms. The number of rotatable bonds is 9. The first kappa shape index (κ1) is 13.9. The van der Waals surface area contributed by atoms with Crippen molar-refractivity contribution < 1.29 is 14.6 Å². The van der Waals surface area contributed by atoms with E-state index in [0.717, 1.165) is 6.42 Å². The van der Waals surface area contributed by atoms with Gasteiger partial charge in [-0.25, -0.2) is 0 Å². The van der Waals surface area contributed by atoms with E-state index < -0.39 is 0 Å². The van der Waals surface area contributed by atoms with Crippen LogP contribution in [0.3, 0.4) is 0 Å². The van der Waals surface area contributed by atoms with Crippen molar-refractivity contribution in [3.05, 3.63) is 0 Å². The van der Waals surface area contributed by atoms with Crippen LogP contribution in [0.15, 0.2) is 0 Å². The van der Waals surface area contributed by atoms with E-state index in [4.69, 9.17) is 9.47 Å². The van der Waals surface area contributed by atoms with Crippen LogP contribution in [-0.2, 0) is 9.47 Å². The van der Waals surface area contributed by atoms with Gasteiger partial charge in [0.1, 0.15) is 0 Å². The van der Waals surface area contributed by atoms with Crippen molar-refractivity contribution in [2.45, 2.75) is 50.8 Å². The van der Waals surface area contributed by atoms with Gasteiger partial charge in [0.05, 0.1) is 25.9 Å². The molecule has 0 aromatic heterocycles. The van der Waals surface area contributed by atoms with E-state index in [9.17, 15) is 5.11 Å². The fourth-order valence-corrected chi connectivity index (χ4v) is 1.92. The summed E-state index contributed by atoms with van der Waals surface area (Å²) in [6, 6.07) is 0.600. The average Bonchev–Trinajstić information content (AvgIpc) is 3.02. The Hall–Kier alpha value is -0.160. The zero-order valence-electron chi connectivity index (χ0n) is 10.7. The zero-order chi connectivity index (χ0) is 12.0. The highest BCUT2D eigenvalue weighted by Crippen LogP contribution is 2.25. The van der Waals surface area contributed by atoms with E-state index in [0.29, 0.717) is 19.3 Å². The Morgan fingerprint density at radius 3 is 2.62 bits per heavy atom. The summed E-state index contributed by atoms with van der Waals surface area (Å²) in [7, 11) is 1.67. The van der Waals surface area contributed by atoms with Gasteiger partial charge in [0.15, 0.2) is 0 Å². The van der Waals surface area contributed by atoms with Crippen molar-refractivity contribution in [1.29, 1.82) is 0 Å². The van der Waals surface area contributed by atoms with Gasteiger partial charge >= 0.3 is 0 Å². The summed E-state index contributed by atoms with van der Waals surface area (Å²) in [5.41, 5.74) is -0.215. The van der Waals surface area contributed by atoms with Crippen molar-refractivity contribution in [2.24, 2.45) is 0 Å². The number of hydrogen-bond acceptors (Lipinski definition) is 4. The first-order valence-corrected chi connectivity index (χ1v) is 6.09. The van der Waals surface area contributed by atoms with Crippen LogP contribution in [0.2, 0.25) is 0 Å². The number of hydrogen-bond donors (Lipinski definition) is 2. The third kappa shape index (κ3) is 5.25. The molecule has 96 valence electrons. The van der Waals surface area contributed by atoms with E-state index in [-0.39, 0.29) is 18.2 Å². The highest BCUT2D eigenvalue weighted by atomic mass is 16.5. The lowest BCUT2D eigenvalue weighted by molar-refractivity contribution is 0.00220. The number of methoxy groups -OCH3 is 1. The molecule has 0 spiro atoms. The smallest absolute Gasteiger partial charge is 0.0703 e. The number of aliphatic hydroxyl groups excluding tert-OH is 1. The van der Waals surface area contributed by atoms with Crippen LogP contribution in [0.1, 0.15) is 33.1 Å². The molecule has 0 aromatic carbocycles. The second kappa shape index (κ2) is 6.55. The molecule has 0 heterocycles. The second-order valence-electron chi connectivity index (χ2n) is 5.02. The molecule has 1 rings (SSSR count). The highest BCUT2D eigenvalue weighted by Gasteiger charge is 2.33. The molecule has 2 N–H and O–H groups in total. The first-order chi connectivity index (χ1) is 7.59. The standard InChI is InChI=1S/C12H25NO3/c1-10(16-7-6-15-3)8-12(2,9-14)13-11-4-5-11/h10-11,13-14H,4-9H2,1-3H3. The van der Waals surface area contributed by atoms with Gasteiger partial charge in [0, 0.05) is 18.7 Å². The molecule has 0 saturated heterocycles. The molecule has 1 aliphatic rings. The van der Waals surface area contributed by atoms with Gasteiger partial charge in [0.25, 0.3) is 0 Å². The quantitative estimate of drug-likeness (QED) is 0.580. The van der Waals surface area contributed by atoms with E-state index >= 15 is 0 Å². The Morgan fingerprint density at radius 2 is 2.12 bits per heavy atom. The lowest BCUT2D eigenvalue weighted by atomic mass is 9.95. The summed E-state index contributed by atoms with van der Waals surface area (Å²) in [6.07, 6.45) is 3.42. The molecule has 1 aliphatic carbocycles. The second-order valence-corrected chi connectivity index (χ2v) is 5.02. The Balaban J connectivity index is 2.23. The van der Waals surface area contributed by atoms with Gasteiger partial charge in [-0.3, -0.25) is 0 Å². The molecule has 2 atom stereocenters. The van der Waals surface area contributed by atoms with Crippen molar-refractivity contribution in [3.63, 3.8) is 0 Å². The highest BCUT2D eigenvalue weighted by molar-refractivity contribution is 4.93. The van der Waals surface area contributed by atoms with Crippen molar-refractivity contribution in [3.8, 4) is 0 Å². The number of ether oxygens (including phenoxy) is 2. The van der Waals surface area contributed by atoms with Gasteiger partial charge in [-0.2, -0.15) is 0 Å². The maximum atomic E-state index is 9.44. The third-order valence-electron chi connectivity index (χ3n) is 2.91. The minimum absolute atomic E-state index is 0.138. The average molecular weight is 231 g/mol. The maximum Gasteiger partial charge on any atom is 0.0703 e. The van der Waals surface area contributed by atoms with Crippen LogP contribution in [0.25, 0.3) is 0 Å². The monoisotopic (exact) mass is 231 g/mol. The lowest BCUT2D eigenvalue weighted by Gasteiger charge is -2.31. The van der Waals surface area contributed by atoms with Gasteiger partial charge < -0.3 is 19.9 Å². The SMILES string of the molecule is COCCOC(C)CC(C)(CO)NC1CC1. The molecule has 0 radical (unpaired) electrons. The minimum atomic E-state index is -0.215. The normalized spacial score (nSPS) is 21.8. The molecule has 0 aromatic rings. The first-order valence-electron chi connectivity index (χ1n) is 6.09. The number of nitrogens with one attached hydrogen (secondary N) is 1. The molecule has 2 unspecified atom stereocenters. The topological polar surface area (TPSA) is 50.7 Å². The lowest BCUT2D eigenvalue weighted by Crippen LogP contribution is -2.49. The fourth-order valence-electron chi connectivity index (χ4n) is 1.92. The van der Waals surface area contributed by atoms with Gasteiger partial charge in [-0.15, -0.1) is 0 Å². The molecular formula is C12H25NO3. The van der Waals surface area contributed by atoms with Crippen LogP contribution >= 0.6 is 0 Å². The van der Waals surface area contributed by atoms with Crippen LogP contribution in [0.4, 0.5) is 0 Å². The van der Waals surface area contributed by atoms with E-state index in [2.05, 4.69) is 12.2 Å². The molecule has 0 aliphatic heterocycles. The fraction of sp³-hybridized carbons (Fsp3) is 1.00. The molecule has 1 fully saturated rings. The van der Waals surface area contributed by atoms with Crippen LogP contribution in [-0.4, -0.2) is 49.7 Å². The maximum absolute atomic E-state index is 9.44. The summed E-state index contributed by atoms with van der Waals surface area (Å²) in [5.74, 6) is 0. The number of aliphatic hydroxyl groups is 1. The van der Waals surface area contributed by atoms with Crippen molar-refractivity contribution >= 4 is 0 Å².